The minimum Gasteiger partial charge on any atom is -0.336 e. The topological polar surface area (TPSA) is 32.3 Å². The first-order valence-corrected chi connectivity index (χ1v) is 8.22. The molecule has 0 bridgehead atoms. The average molecular weight is 301 g/mol. The van der Waals surface area contributed by atoms with Gasteiger partial charge in [0.05, 0.1) is 0 Å². The standard InChI is InChI=1S/C16H28N2O.ClH/c1-11-9-14(7-8-17-11)16(19)18-12(2)10-13-5-3-4-6-15(13)18;/h11-15,17H,3-10H2,1-2H3;1H/t11-,12?,13?,14-,15?;/m0./s1. The number of carbonyl (C=O) groups is 1. The van der Waals surface area contributed by atoms with E-state index in [2.05, 4.69) is 24.1 Å². The molecule has 20 heavy (non-hydrogen) atoms. The third kappa shape index (κ3) is 2.99. The molecule has 3 nitrogen and oxygen atoms in total. The van der Waals surface area contributed by atoms with Crippen LogP contribution in [-0.4, -0.2) is 35.5 Å². The predicted molar refractivity (Wildman–Crippen MR) is 84.1 cm³/mol. The van der Waals surface area contributed by atoms with Crippen molar-refractivity contribution < 1.29 is 4.79 Å². The molecule has 116 valence electrons. The molecule has 3 fully saturated rings. The number of nitrogens with one attached hydrogen (secondary N) is 1. The minimum absolute atomic E-state index is 0. The van der Waals surface area contributed by atoms with Gasteiger partial charge >= 0.3 is 0 Å². The molecule has 1 N–H and O–H groups in total. The van der Waals surface area contributed by atoms with Gasteiger partial charge in [-0.05, 0) is 58.4 Å². The summed E-state index contributed by atoms with van der Waals surface area (Å²) in [5, 5.41) is 3.45. The van der Waals surface area contributed by atoms with Gasteiger partial charge in [0.2, 0.25) is 5.91 Å². The monoisotopic (exact) mass is 300 g/mol. The van der Waals surface area contributed by atoms with Gasteiger partial charge in [-0.15, -0.1) is 12.4 Å². The molecule has 0 aromatic rings. The molecule has 0 aromatic heterocycles. The van der Waals surface area contributed by atoms with Crippen LogP contribution in [-0.2, 0) is 4.79 Å². The maximum atomic E-state index is 12.9. The average Bonchev–Trinajstić information content (AvgIpc) is 2.74. The van der Waals surface area contributed by atoms with Crippen LogP contribution in [0.1, 0.15) is 58.8 Å². The summed E-state index contributed by atoms with van der Waals surface area (Å²) in [5.74, 6) is 1.54. The SMILES string of the molecule is CC1CC2CCCCC2N1C(=O)[C@H]1CCN[C@@H](C)C1.Cl. The van der Waals surface area contributed by atoms with Crippen LogP contribution in [0.2, 0.25) is 0 Å². The van der Waals surface area contributed by atoms with Crippen molar-refractivity contribution in [2.45, 2.75) is 76.9 Å². The van der Waals surface area contributed by atoms with Crippen molar-refractivity contribution in [3.8, 4) is 0 Å². The first-order chi connectivity index (χ1) is 9.16. The second-order valence-electron chi connectivity index (χ2n) is 7.02. The molecule has 4 heteroatoms. The van der Waals surface area contributed by atoms with E-state index < -0.39 is 0 Å². The van der Waals surface area contributed by atoms with Crippen molar-refractivity contribution >= 4 is 18.3 Å². The van der Waals surface area contributed by atoms with Crippen LogP contribution in [0, 0.1) is 11.8 Å². The Morgan fingerprint density at radius 2 is 1.85 bits per heavy atom. The highest BCUT2D eigenvalue weighted by Gasteiger charge is 2.44. The third-order valence-electron chi connectivity index (χ3n) is 5.57. The summed E-state index contributed by atoms with van der Waals surface area (Å²) in [6.45, 7) is 5.48. The molecule has 2 aliphatic heterocycles. The highest BCUT2D eigenvalue weighted by atomic mass is 35.5. The lowest BCUT2D eigenvalue weighted by Crippen LogP contribution is -2.48. The summed E-state index contributed by atoms with van der Waals surface area (Å²) in [6.07, 6.45) is 8.60. The number of fused-ring (bicyclic) bond motifs is 1. The van der Waals surface area contributed by atoms with E-state index in [1.807, 2.05) is 0 Å². The number of hydrogen-bond donors (Lipinski definition) is 1. The highest BCUT2D eigenvalue weighted by molar-refractivity contribution is 5.85. The number of carbonyl (C=O) groups excluding carboxylic acids is 1. The number of halogens is 1. The molecule has 1 amide bonds. The Kier molecular flexibility index (Phi) is 5.36. The van der Waals surface area contributed by atoms with Gasteiger partial charge in [-0.3, -0.25) is 4.79 Å². The van der Waals surface area contributed by atoms with Crippen LogP contribution in [0.3, 0.4) is 0 Å². The fourth-order valence-corrected chi connectivity index (χ4v) is 4.66. The molecular formula is C16H29ClN2O. The van der Waals surface area contributed by atoms with Gasteiger partial charge in [0.25, 0.3) is 0 Å². The molecule has 2 saturated heterocycles. The third-order valence-corrected chi connectivity index (χ3v) is 5.57. The molecule has 1 aliphatic carbocycles. The smallest absolute Gasteiger partial charge is 0.226 e. The number of amides is 1. The van der Waals surface area contributed by atoms with Gasteiger partial charge in [0.1, 0.15) is 0 Å². The Morgan fingerprint density at radius 1 is 1.10 bits per heavy atom. The predicted octanol–water partition coefficient (Wildman–Crippen LogP) is 2.98. The van der Waals surface area contributed by atoms with Gasteiger partial charge in [-0.1, -0.05) is 12.8 Å². The Morgan fingerprint density at radius 3 is 2.60 bits per heavy atom. The Labute approximate surface area is 129 Å². The second-order valence-corrected chi connectivity index (χ2v) is 7.02. The lowest BCUT2D eigenvalue weighted by molar-refractivity contribution is -0.140. The van der Waals surface area contributed by atoms with Crippen LogP contribution in [0.5, 0.6) is 0 Å². The Balaban J connectivity index is 0.00000147. The molecule has 3 rings (SSSR count). The molecule has 1 saturated carbocycles. The van der Waals surface area contributed by atoms with E-state index in [0.717, 1.165) is 25.3 Å². The summed E-state index contributed by atoms with van der Waals surface area (Å²) in [7, 11) is 0. The van der Waals surface area contributed by atoms with Gasteiger partial charge in [-0.25, -0.2) is 0 Å². The van der Waals surface area contributed by atoms with Crippen molar-refractivity contribution in [2.24, 2.45) is 11.8 Å². The van der Waals surface area contributed by atoms with Gasteiger partial charge in [-0.2, -0.15) is 0 Å². The molecular weight excluding hydrogens is 272 g/mol. The van der Waals surface area contributed by atoms with E-state index in [1.165, 1.54) is 32.1 Å². The maximum absolute atomic E-state index is 12.9. The maximum Gasteiger partial charge on any atom is 0.226 e. The quantitative estimate of drug-likeness (QED) is 0.807. The summed E-state index contributed by atoms with van der Waals surface area (Å²) >= 11 is 0. The van der Waals surface area contributed by atoms with Crippen molar-refractivity contribution in [1.82, 2.24) is 10.2 Å². The number of piperidine rings is 1. The summed E-state index contributed by atoms with van der Waals surface area (Å²) in [5.41, 5.74) is 0. The molecule has 0 spiro atoms. The van der Waals surface area contributed by atoms with Crippen LogP contribution in [0.4, 0.5) is 0 Å². The lowest BCUT2D eigenvalue weighted by Gasteiger charge is -2.37. The highest BCUT2D eigenvalue weighted by Crippen LogP contribution is 2.40. The first-order valence-electron chi connectivity index (χ1n) is 8.22. The van der Waals surface area contributed by atoms with Crippen molar-refractivity contribution in [3.63, 3.8) is 0 Å². The molecule has 5 atom stereocenters. The minimum atomic E-state index is 0. The number of rotatable bonds is 1. The first kappa shape index (κ1) is 16.1. The normalized spacial score (nSPS) is 40.9. The Bertz CT molecular complexity index is 349. The van der Waals surface area contributed by atoms with Crippen LogP contribution < -0.4 is 5.32 Å². The molecule has 3 unspecified atom stereocenters. The van der Waals surface area contributed by atoms with Gasteiger partial charge < -0.3 is 10.2 Å². The van der Waals surface area contributed by atoms with Crippen LogP contribution in [0.15, 0.2) is 0 Å². The van der Waals surface area contributed by atoms with Crippen LogP contribution >= 0.6 is 12.4 Å². The number of likely N-dealkylation sites (tertiary alicyclic amines) is 1. The van der Waals surface area contributed by atoms with E-state index in [1.54, 1.807) is 0 Å². The van der Waals surface area contributed by atoms with Crippen LogP contribution in [0.25, 0.3) is 0 Å². The van der Waals surface area contributed by atoms with E-state index in [4.69, 9.17) is 0 Å². The Hall–Kier alpha value is -0.280. The summed E-state index contributed by atoms with van der Waals surface area (Å²) in [4.78, 5) is 15.2. The number of nitrogens with zero attached hydrogens (tertiary/aromatic N) is 1. The molecule has 0 aromatic carbocycles. The fraction of sp³-hybridized carbons (Fsp3) is 0.938. The van der Waals surface area contributed by atoms with E-state index in [-0.39, 0.29) is 18.3 Å². The van der Waals surface area contributed by atoms with Crippen molar-refractivity contribution in [2.75, 3.05) is 6.54 Å². The van der Waals surface area contributed by atoms with E-state index in [0.29, 0.717) is 24.0 Å². The summed E-state index contributed by atoms with van der Waals surface area (Å²) in [6, 6.07) is 1.55. The number of hydrogen-bond acceptors (Lipinski definition) is 2. The van der Waals surface area contributed by atoms with E-state index in [9.17, 15) is 4.79 Å². The zero-order chi connectivity index (χ0) is 13.4. The van der Waals surface area contributed by atoms with Gasteiger partial charge in [0, 0.05) is 24.0 Å². The van der Waals surface area contributed by atoms with E-state index >= 15 is 0 Å². The molecule has 0 radical (unpaired) electrons. The zero-order valence-corrected chi connectivity index (χ0v) is 13.6. The van der Waals surface area contributed by atoms with Gasteiger partial charge in [0.15, 0.2) is 0 Å². The largest absolute Gasteiger partial charge is 0.336 e. The summed E-state index contributed by atoms with van der Waals surface area (Å²) < 4.78 is 0. The van der Waals surface area contributed by atoms with Crippen molar-refractivity contribution in [1.29, 1.82) is 0 Å². The molecule has 3 aliphatic rings. The lowest BCUT2D eigenvalue weighted by atomic mass is 9.84. The fourth-order valence-electron chi connectivity index (χ4n) is 4.66. The van der Waals surface area contributed by atoms with Crippen molar-refractivity contribution in [3.05, 3.63) is 0 Å². The second kappa shape index (κ2) is 6.65. The molecule has 2 heterocycles. The zero-order valence-electron chi connectivity index (χ0n) is 12.8.